The smallest absolute Gasteiger partial charge is 0.317 e. The molecule has 0 unspecified atom stereocenters. The third-order valence-corrected chi connectivity index (χ3v) is 6.95. The van der Waals surface area contributed by atoms with Crippen molar-refractivity contribution in [2.75, 3.05) is 31.8 Å². The Kier molecular flexibility index (Phi) is 15.3. The van der Waals surface area contributed by atoms with Gasteiger partial charge in [-0.15, -0.1) is 0 Å². The maximum Gasteiger partial charge on any atom is 0.317 e. The van der Waals surface area contributed by atoms with Crippen molar-refractivity contribution in [2.45, 2.75) is 5.54 Å². The number of aromatic nitrogens is 1. The number of nitrogens with zero attached hydrogens (tertiary/aromatic N) is 1. The molecule has 0 spiro atoms. The summed E-state index contributed by atoms with van der Waals surface area (Å²) >= 11 is 0. The Hall–Kier alpha value is -2.86. The second kappa shape index (κ2) is 17.6. The van der Waals surface area contributed by atoms with E-state index in [1.54, 1.807) is 37.1 Å². The third-order valence-electron chi connectivity index (χ3n) is 4.62. The molecule has 0 fully saturated rings. The van der Waals surface area contributed by atoms with Gasteiger partial charge in [-0.3, -0.25) is 10.1 Å². The van der Waals surface area contributed by atoms with Crippen molar-refractivity contribution in [1.29, 1.82) is 0 Å². The number of furan rings is 3. The molecular formula is C23H29N4O8PTc. The SMILES string of the molecule is O=C(O)CNC(CO)(CO)CO.[NH-]Nc1ccccn1.[Tc].c1coc([PH+](c2ccco2)c2ccco2)c1. The predicted octanol–water partition coefficient (Wildman–Crippen LogP) is 0.791. The molecule has 4 aromatic rings. The number of aliphatic carboxylic acids is 1. The van der Waals surface area contributed by atoms with Crippen LogP contribution in [0.4, 0.5) is 5.82 Å². The van der Waals surface area contributed by atoms with Crippen molar-refractivity contribution >= 4 is 36.2 Å². The summed E-state index contributed by atoms with van der Waals surface area (Å²) in [7, 11) is -1.25. The molecule has 4 aromatic heterocycles. The number of rotatable bonds is 10. The summed E-state index contributed by atoms with van der Waals surface area (Å²) in [6, 6.07) is 16.9. The van der Waals surface area contributed by atoms with Crippen LogP contribution in [0.15, 0.2) is 92.8 Å². The van der Waals surface area contributed by atoms with E-state index in [0.717, 1.165) is 16.5 Å². The molecule has 7 N–H and O–H groups in total. The second-order valence-corrected chi connectivity index (χ2v) is 9.38. The van der Waals surface area contributed by atoms with Crippen LogP contribution in [0.1, 0.15) is 0 Å². The quantitative estimate of drug-likeness (QED) is 0.109. The zero-order chi connectivity index (χ0) is 26.2. The monoisotopic (exact) mass is 617 g/mol. The van der Waals surface area contributed by atoms with E-state index in [1.165, 1.54) is 0 Å². The maximum absolute atomic E-state index is 10.1. The summed E-state index contributed by atoms with van der Waals surface area (Å²) in [5.74, 6) is 6.09. The number of carboxylic acids is 1. The fourth-order valence-electron chi connectivity index (χ4n) is 2.64. The molecule has 1 radical (unpaired) electrons. The van der Waals surface area contributed by atoms with Crippen LogP contribution in [0, 0.1) is 0 Å². The van der Waals surface area contributed by atoms with Gasteiger partial charge < -0.3 is 44.9 Å². The van der Waals surface area contributed by atoms with Gasteiger partial charge in [0.1, 0.15) is 5.82 Å². The first-order valence-electron chi connectivity index (χ1n) is 10.6. The molecule has 0 aliphatic rings. The van der Waals surface area contributed by atoms with Crippen molar-refractivity contribution in [3.05, 3.63) is 85.4 Å². The van der Waals surface area contributed by atoms with Crippen molar-refractivity contribution in [3.8, 4) is 0 Å². The van der Waals surface area contributed by atoms with Gasteiger partial charge in [0.25, 0.3) is 16.5 Å². The largest absolute Gasteiger partial charge is 0.585 e. The number of hydrogen-bond acceptors (Lipinski definition) is 10. The molecule has 14 heteroatoms. The van der Waals surface area contributed by atoms with E-state index in [4.69, 9.17) is 39.5 Å². The van der Waals surface area contributed by atoms with Crippen LogP contribution in [0.2, 0.25) is 0 Å². The molecule has 4 rings (SSSR count). The van der Waals surface area contributed by atoms with E-state index in [1.807, 2.05) is 42.5 Å². The number of aliphatic hydroxyl groups is 3. The van der Waals surface area contributed by atoms with Gasteiger partial charge in [0.2, 0.25) is 7.92 Å². The number of hydrogen-bond donors (Lipinski definition) is 6. The minimum atomic E-state index is -1.31. The van der Waals surface area contributed by atoms with E-state index in [9.17, 15) is 4.79 Å². The number of pyridine rings is 1. The van der Waals surface area contributed by atoms with Crippen LogP contribution < -0.4 is 27.2 Å². The average Bonchev–Trinajstić information content (AvgIpc) is 3.72. The van der Waals surface area contributed by atoms with Gasteiger partial charge in [0, 0.05) is 44.5 Å². The number of carbonyl (C=O) groups is 1. The summed E-state index contributed by atoms with van der Waals surface area (Å²) in [5, 5.41) is 36.7. The molecule has 0 aliphatic carbocycles. The van der Waals surface area contributed by atoms with Crippen molar-refractivity contribution < 1.29 is 58.6 Å². The molecule has 0 aliphatic heterocycles. The minimum absolute atomic E-state index is 0. The molecule has 201 valence electrons. The molecule has 4 heterocycles. The summed E-state index contributed by atoms with van der Waals surface area (Å²) in [6.45, 7) is -1.98. The van der Waals surface area contributed by atoms with E-state index in [-0.39, 0.29) is 20.1 Å². The summed E-state index contributed by atoms with van der Waals surface area (Å²) in [5.41, 5.74) is 3.59. The Morgan fingerprint density at radius 3 is 1.62 bits per heavy atom. The van der Waals surface area contributed by atoms with Crippen LogP contribution in [0.3, 0.4) is 0 Å². The number of aliphatic hydroxyl groups excluding tert-OH is 3. The van der Waals surface area contributed by atoms with Gasteiger partial charge in [-0.05, 0) is 30.3 Å². The van der Waals surface area contributed by atoms with Gasteiger partial charge in [-0.25, -0.2) is 4.98 Å². The second-order valence-electron chi connectivity index (χ2n) is 7.15. The molecule has 0 atom stereocenters. The Balaban J connectivity index is 0.000000291. The number of anilines is 1. The van der Waals surface area contributed by atoms with E-state index < -0.39 is 45.8 Å². The zero-order valence-corrected chi connectivity index (χ0v) is 22.4. The fourth-order valence-corrected chi connectivity index (χ4v) is 4.72. The molecule has 0 amide bonds. The third kappa shape index (κ3) is 10.6. The van der Waals surface area contributed by atoms with Crippen molar-refractivity contribution in [3.63, 3.8) is 0 Å². The van der Waals surface area contributed by atoms with Gasteiger partial charge in [0.15, 0.2) is 0 Å². The Morgan fingerprint density at radius 1 is 0.865 bits per heavy atom. The van der Waals surface area contributed by atoms with Gasteiger partial charge in [-0.1, -0.05) is 6.07 Å². The van der Waals surface area contributed by atoms with E-state index in [2.05, 4.69) is 15.7 Å². The Labute approximate surface area is 227 Å². The summed E-state index contributed by atoms with van der Waals surface area (Å²) < 4.78 is 16.4. The summed E-state index contributed by atoms with van der Waals surface area (Å²) in [6.07, 6.45) is 6.65. The maximum atomic E-state index is 10.1. The topological polar surface area (TPSA) is 198 Å². The van der Waals surface area contributed by atoms with Crippen LogP contribution in [-0.4, -0.2) is 63.3 Å². The zero-order valence-electron chi connectivity index (χ0n) is 19.6. The van der Waals surface area contributed by atoms with Crippen molar-refractivity contribution in [1.82, 2.24) is 10.3 Å². The summed E-state index contributed by atoms with van der Waals surface area (Å²) in [4.78, 5) is 13.9. The van der Waals surface area contributed by atoms with Crippen LogP contribution in [-0.2, 0) is 24.9 Å². The molecule has 12 nitrogen and oxygen atoms in total. The first-order valence-corrected chi connectivity index (χ1v) is 12.1. The molecule has 0 saturated heterocycles. The average molecular weight is 618 g/mol. The number of carboxylic acid groups (broad SMARTS) is 1. The van der Waals surface area contributed by atoms with Crippen LogP contribution >= 0.6 is 7.92 Å². The molecule has 0 saturated carbocycles. The van der Waals surface area contributed by atoms with E-state index in [0.29, 0.717) is 5.82 Å². The van der Waals surface area contributed by atoms with Gasteiger partial charge >= 0.3 is 5.97 Å². The molecular weight excluding hydrogens is 589 g/mol. The molecule has 37 heavy (non-hydrogen) atoms. The standard InChI is InChI=1S/C12H9O3P.C6H13NO5.C5H6N3.Tc/c1-4-10(13-7-1)16(11-5-2-8-14-11)12-6-3-9-15-12;8-2-6(3-9,4-10)7-1-5(11)12;6-8-5-3-1-2-4-7-5;/h1-9H;7-10H,1-4H2,(H,11,12);1-4,6H,(H,7,8);/q;;-1;/p+1. The molecule has 0 aromatic carbocycles. The van der Waals surface area contributed by atoms with Crippen LogP contribution in [0.25, 0.3) is 5.84 Å². The van der Waals surface area contributed by atoms with Crippen molar-refractivity contribution in [2.24, 2.45) is 0 Å². The number of nitrogens with one attached hydrogen (secondary N) is 3. The first kappa shape index (κ1) is 32.2. The van der Waals surface area contributed by atoms with E-state index >= 15 is 0 Å². The Bertz CT molecular complexity index is 990. The first-order chi connectivity index (χ1) is 17.5. The normalized spacial score (nSPS) is 10.4. The predicted molar refractivity (Wildman–Crippen MR) is 135 cm³/mol. The minimum Gasteiger partial charge on any atom is -0.585 e. The Morgan fingerprint density at radius 2 is 1.35 bits per heavy atom. The van der Waals surface area contributed by atoms with Crippen LogP contribution in [0.5, 0.6) is 0 Å². The van der Waals surface area contributed by atoms with Gasteiger partial charge in [0.05, 0.1) is 50.7 Å². The fraction of sp³-hybridized carbons (Fsp3) is 0.217. The van der Waals surface area contributed by atoms with Gasteiger partial charge in [-0.2, -0.15) is 0 Å². The molecule has 0 bridgehead atoms.